The van der Waals surface area contributed by atoms with E-state index in [0.29, 0.717) is 4.47 Å². The number of carbonyl (C=O) groups excluding carboxylic acids is 1. The highest BCUT2D eigenvalue weighted by Crippen LogP contribution is 2.19. The molecule has 0 saturated heterocycles. The Morgan fingerprint density at radius 1 is 1.56 bits per heavy atom. The molecule has 1 aromatic rings. The molecule has 0 radical (unpaired) electrons. The van der Waals surface area contributed by atoms with Crippen LogP contribution in [-0.4, -0.2) is 32.7 Å². The molecule has 0 bridgehead atoms. The average molecular weight is 309 g/mol. The molecule has 0 spiro atoms. The molecule has 16 heavy (non-hydrogen) atoms. The van der Waals surface area contributed by atoms with Crippen LogP contribution in [0.3, 0.4) is 0 Å². The first-order chi connectivity index (χ1) is 7.33. The van der Waals surface area contributed by atoms with Crippen molar-refractivity contribution >= 4 is 37.7 Å². The first-order valence-corrected chi connectivity index (χ1v) is 6.73. The maximum atomic E-state index is 11.4. The van der Waals surface area contributed by atoms with Crippen molar-refractivity contribution < 1.29 is 17.9 Å². The number of ether oxygens (including phenoxy) is 1. The van der Waals surface area contributed by atoms with Gasteiger partial charge in [0.2, 0.25) is 10.0 Å². The topological polar surface area (TPSA) is 85.4 Å². The first kappa shape index (κ1) is 12.9. The summed E-state index contributed by atoms with van der Waals surface area (Å²) in [5.41, 5.74) is 0.0438. The minimum Gasteiger partial charge on any atom is -0.465 e. The van der Waals surface area contributed by atoms with Crippen molar-refractivity contribution in [1.82, 2.24) is 4.98 Å². The van der Waals surface area contributed by atoms with E-state index in [1.807, 2.05) is 0 Å². The lowest BCUT2D eigenvalue weighted by atomic mass is 10.2. The van der Waals surface area contributed by atoms with Crippen LogP contribution in [-0.2, 0) is 14.8 Å². The molecule has 0 aliphatic carbocycles. The molecule has 0 unspecified atom stereocenters. The molecule has 88 valence electrons. The van der Waals surface area contributed by atoms with Gasteiger partial charge in [0.05, 0.1) is 13.4 Å². The first-order valence-electron chi connectivity index (χ1n) is 4.05. The Kier molecular flexibility index (Phi) is 3.87. The monoisotopic (exact) mass is 308 g/mol. The molecule has 0 aliphatic rings. The third kappa shape index (κ3) is 3.46. The summed E-state index contributed by atoms with van der Waals surface area (Å²) in [5, 5.41) is 0. The summed E-state index contributed by atoms with van der Waals surface area (Å²) in [7, 11) is -2.29. The molecule has 0 aliphatic heterocycles. The van der Waals surface area contributed by atoms with Gasteiger partial charge in [0.1, 0.15) is 5.56 Å². The number of nitrogens with zero attached hydrogens (tertiary/aromatic N) is 1. The van der Waals surface area contributed by atoms with Crippen LogP contribution in [0.2, 0.25) is 0 Å². The Labute approximate surface area is 101 Å². The van der Waals surface area contributed by atoms with Gasteiger partial charge < -0.3 is 4.74 Å². The zero-order valence-corrected chi connectivity index (χ0v) is 10.9. The minimum atomic E-state index is -3.49. The summed E-state index contributed by atoms with van der Waals surface area (Å²) in [4.78, 5) is 15.1. The lowest BCUT2D eigenvalue weighted by Crippen LogP contribution is -2.15. The lowest BCUT2D eigenvalue weighted by Gasteiger charge is -2.08. The number of sulfonamides is 1. The van der Waals surface area contributed by atoms with E-state index < -0.39 is 16.0 Å². The van der Waals surface area contributed by atoms with Crippen molar-refractivity contribution in [2.75, 3.05) is 18.1 Å². The smallest absolute Gasteiger partial charge is 0.341 e. The van der Waals surface area contributed by atoms with Crippen molar-refractivity contribution in [2.24, 2.45) is 0 Å². The van der Waals surface area contributed by atoms with Crippen molar-refractivity contribution in [2.45, 2.75) is 0 Å². The Balaban J connectivity index is 3.23. The predicted octanol–water partition coefficient (Wildman–Crippen LogP) is 1.00. The molecule has 1 N–H and O–H groups in total. The molecule has 8 heteroatoms. The predicted molar refractivity (Wildman–Crippen MR) is 61.7 cm³/mol. The standard InChI is InChI=1S/C8H9BrN2O4S/c1-15-8(12)6-3-5(9)4-10-7(6)11-16(2,13)14/h3-4H,1-2H3,(H,10,11). The minimum absolute atomic E-state index is 0.0438. The van der Waals surface area contributed by atoms with Crippen LogP contribution in [0, 0.1) is 0 Å². The highest BCUT2D eigenvalue weighted by Gasteiger charge is 2.16. The molecule has 0 aromatic carbocycles. The molecule has 1 heterocycles. The van der Waals surface area contributed by atoms with Gasteiger partial charge in [0, 0.05) is 10.7 Å². The summed E-state index contributed by atoms with van der Waals surface area (Å²) < 4.78 is 29.3. The maximum absolute atomic E-state index is 11.4. The summed E-state index contributed by atoms with van der Waals surface area (Å²) >= 11 is 3.13. The third-order valence-electron chi connectivity index (χ3n) is 1.54. The number of hydrogen-bond acceptors (Lipinski definition) is 5. The van der Waals surface area contributed by atoms with Gasteiger partial charge in [-0.25, -0.2) is 18.2 Å². The van der Waals surface area contributed by atoms with Crippen LogP contribution in [0.1, 0.15) is 10.4 Å². The molecule has 0 atom stereocenters. The Hall–Kier alpha value is -1.15. The summed E-state index contributed by atoms with van der Waals surface area (Å²) in [6, 6.07) is 1.42. The van der Waals surface area contributed by atoms with Gasteiger partial charge in [-0.2, -0.15) is 0 Å². The van der Waals surface area contributed by atoms with E-state index in [1.165, 1.54) is 19.4 Å². The Bertz CT molecular complexity index is 515. The second kappa shape index (κ2) is 4.79. The Morgan fingerprint density at radius 3 is 2.69 bits per heavy atom. The second-order valence-corrected chi connectivity index (χ2v) is 5.58. The van der Waals surface area contributed by atoms with Crippen LogP contribution in [0.15, 0.2) is 16.7 Å². The van der Waals surface area contributed by atoms with E-state index in [0.717, 1.165) is 6.26 Å². The van der Waals surface area contributed by atoms with Crippen LogP contribution in [0.5, 0.6) is 0 Å². The molecule has 0 saturated carbocycles. The number of aromatic nitrogens is 1. The van der Waals surface area contributed by atoms with E-state index in [4.69, 9.17) is 0 Å². The number of methoxy groups -OCH3 is 1. The molecule has 1 aromatic heterocycles. The van der Waals surface area contributed by atoms with Crippen molar-refractivity contribution in [1.29, 1.82) is 0 Å². The number of pyridine rings is 1. The SMILES string of the molecule is COC(=O)c1cc(Br)cnc1NS(C)(=O)=O. The average Bonchev–Trinajstić information content (AvgIpc) is 2.17. The van der Waals surface area contributed by atoms with E-state index in [9.17, 15) is 13.2 Å². The van der Waals surface area contributed by atoms with Crippen LogP contribution >= 0.6 is 15.9 Å². The normalized spacial score (nSPS) is 10.9. The maximum Gasteiger partial charge on any atom is 0.341 e. The van der Waals surface area contributed by atoms with Crippen molar-refractivity contribution in [3.8, 4) is 0 Å². The molecule has 0 amide bonds. The van der Waals surface area contributed by atoms with Crippen LogP contribution < -0.4 is 4.72 Å². The van der Waals surface area contributed by atoms with E-state index in [-0.39, 0.29) is 11.4 Å². The molecular formula is C8H9BrN2O4S. The van der Waals surface area contributed by atoms with Gasteiger partial charge in [-0.15, -0.1) is 0 Å². The number of anilines is 1. The van der Waals surface area contributed by atoms with Crippen LogP contribution in [0.25, 0.3) is 0 Å². The number of esters is 1. The van der Waals surface area contributed by atoms with E-state index in [2.05, 4.69) is 30.4 Å². The van der Waals surface area contributed by atoms with Crippen molar-refractivity contribution in [3.63, 3.8) is 0 Å². The van der Waals surface area contributed by atoms with Gasteiger partial charge in [-0.05, 0) is 22.0 Å². The highest BCUT2D eigenvalue weighted by atomic mass is 79.9. The van der Waals surface area contributed by atoms with Gasteiger partial charge in [0.15, 0.2) is 5.82 Å². The van der Waals surface area contributed by atoms with Gasteiger partial charge >= 0.3 is 5.97 Å². The fourth-order valence-corrected chi connectivity index (χ4v) is 1.81. The number of carbonyl (C=O) groups is 1. The lowest BCUT2D eigenvalue weighted by molar-refractivity contribution is 0.0601. The van der Waals surface area contributed by atoms with Crippen molar-refractivity contribution in [3.05, 3.63) is 22.3 Å². The number of nitrogens with one attached hydrogen (secondary N) is 1. The number of rotatable bonds is 3. The molecule has 1 rings (SSSR count). The number of halogens is 1. The van der Waals surface area contributed by atoms with Gasteiger partial charge in [-0.1, -0.05) is 0 Å². The molecular weight excluding hydrogens is 300 g/mol. The summed E-state index contributed by atoms with van der Waals surface area (Å²) in [5.74, 6) is -0.725. The fourth-order valence-electron chi connectivity index (χ4n) is 0.962. The van der Waals surface area contributed by atoms with E-state index in [1.54, 1.807) is 0 Å². The zero-order valence-electron chi connectivity index (χ0n) is 8.52. The largest absolute Gasteiger partial charge is 0.465 e. The van der Waals surface area contributed by atoms with Gasteiger partial charge in [0.25, 0.3) is 0 Å². The number of hydrogen-bond donors (Lipinski definition) is 1. The molecule has 6 nitrogen and oxygen atoms in total. The Morgan fingerprint density at radius 2 is 2.19 bits per heavy atom. The molecule has 0 fully saturated rings. The fraction of sp³-hybridized carbons (Fsp3) is 0.250. The quantitative estimate of drug-likeness (QED) is 0.842. The zero-order chi connectivity index (χ0) is 12.3. The highest BCUT2D eigenvalue weighted by molar-refractivity contribution is 9.10. The summed E-state index contributed by atoms with van der Waals surface area (Å²) in [6.07, 6.45) is 2.34. The second-order valence-electron chi connectivity index (χ2n) is 2.92. The summed E-state index contributed by atoms with van der Waals surface area (Å²) in [6.45, 7) is 0. The van der Waals surface area contributed by atoms with E-state index >= 15 is 0 Å². The van der Waals surface area contributed by atoms with Crippen LogP contribution in [0.4, 0.5) is 5.82 Å². The van der Waals surface area contributed by atoms with Gasteiger partial charge in [-0.3, -0.25) is 4.72 Å². The third-order valence-corrected chi connectivity index (χ3v) is 2.54.